The van der Waals surface area contributed by atoms with Crippen LogP contribution in [0.4, 0.5) is 5.69 Å². The quantitative estimate of drug-likeness (QED) is 0.938. The highest BCUT2D eigenvalue weighted by atomic mass is 35.5. The molecule has 0 aliphatic carbocycles. The third kappa shape index (κ3) is 3.53. The minimum absolute atomic E-state index is 0.427. The van der Waals surface area contributed by atoms with E-state index in [9.17, 15) is 10.1 Å². The largest absolute Gasteiger partial charge is 0.495 e. The Morgan fingerprint density at radius 1 is 1.29 bits per heavy atom. The smallest absolute Gasteiger partial charge is 0.246 e. The highest BCUT2D eigenvalue weighted by molar-refractivity contribution is 6.31. The van der Waals surface area contributed by atoms with Crippen molar-refractivity contribution in [3.8, 4) is 11.8 Å². The Labute approximate surface area is 127 Å². The van der Waals surface area contributed by atoms with Crippen LogP contribution in [0, 0.1) is 11.3 Å². The van der Waals surface area contributed by atoms with Gasteiger partial charge in [0.05, 0.1) is 18.9 Å². The minimum atomic E-state index is -0.894. The topological polar surface area (TPSA) is 62.1 Å². The average Bonchev–Trinajstić information content (AvgIpc) is 2.49. The second-order valence-corrected chi connectivity index (χ2v) is 4.74. The Morgan fingerprint density at radius 2 is 2.00 bits per heavy atom. The molecule has 0 aromatic heterocycles. The van der Waals surface area contributed by atoms with Crippen molar-refractivity contribution in [1.82, 2.24) is 0 Å². The highest BCUT2D eigenvalue weighted by Crippen LogP contribution is 2.29. The first-order valence-electron chi connectivity index (χ1n) is 6.24. The van der Waals surface area contributed by atoms with Crippen LogP contribution >= 0.6 is 11.6 Å². The monoisotopic (exact) mass is 300 g/mol. The maximum absolute atomic E-state index is 12.3. The van der Waals surface area contributed by atoms with Crippen molar-refractivity contribution in [2.75, 3.05) is 12.4 Å². The normalized spacial score (nSPS) is 11.3. The van der Waals surface area contributed by atoms with Gasteiger partial charge in [-0.3, -0.25) is 4.79 Å². The van der Waals surface area contributed by atoms with Gasteiger partial charge in [0, 0.05) is 5.02 Å². The predicted octanol–water partition coefficient (Wildman–Crippen LogP) is 3.59. The number of halogens is 1. The van der Waals surface area contributed by atoms with Gasteiger partial charge in [-0.15, -0.1) is 0 Å². The Kier molecular flexibility index (Phi) is 4.81. The number of hydrogen-bond acceptors (Lipinski definition) is 3. The molecule has 2 rings (SSSR count). The zero-order chi connectivity index (χ0) is 15.2. The lowest BCUT2D eigenvalue weighted by molar-refractivity contribution is -0.116. The summed E-state index contributed by atoms with van der Waals surface area (Å²) in [5.74, 6) is -0.836. The first-order chi connectivity index (χ1) is 10.2. The molecule has 2 aromatic rings. The molecule has 4 nitrogen and oxygen atoms in total. The van der Waals surface area contributed by atoms with Crippen LogP contribution in [0.3, 0.4) is 0 Å². The molecule has 1 N–H and O–H groups in total. The molecule has 0 spiro atoms. The minimum Gasteiger partial charge on any atom is -0.495 e. The molecule has 0 bridgehead atoms. The van der Waals surface area contributed by atoms with Crippen LogP contribution in [0.5, 0.6) is 5.75 Å². The number of rotatable bonds is 4. The van der Waals surface area contributed by atoms with Crippen molar-refractivity contribution in [3.63, 3.8) is 0 Å². The van der Waals surface area contributed by atoms with Gasteiger partial charge in [0.2, 0.25) is 5.91 Å². The summed E-state index contributed by atoms with van der Waals surface area (Å²) in [7, 11) is 1.50. The van der Waals surface area contributed by atoms with Crippen molar-refractivity contribution in [2.45, 2.75) is 5.92 Å². The van der Waals surface area contributed by atoms with E-state index in [-0.39, 0.29) is 0 Å². The van der Waals surface area contributed by atoms with E-state index in [1.807, 2.05) is 12.1 Å². The molecule has 21 heavy (non-hydrogen) atoms. The lowest BCUT2D eigenvalue weighted by atomic mass is 10.00. The molecule has 0 saturated carbocycles. The second kappa shape index (κ2) is 6.78. The maximum atomic E-state index is 12.3. The summed E-state index contributed by atoms with van der Waals surface area (Å²) >= 11 is 5.92. The summed E-state index contributed by atoms with van der Waals surface area (Å²) in [6, 6.07) is 15.8. The van der Waals surface area contributed by atoms with Crippen molar-refractivity contribution in [3.05, 3.63) is 59.1 Å². The third-order valence-corrected chi connectivity index (χ3v) is 3.18. The molecule has 106 valence electrons. The lowest BCUT2D eigenvalue weighted by Gasteiger charge is -2.13. The fourth-order valence-electron chi connectivity index (χ4n) is 1.91. The van der Waals surface area contributed by atoms with E-state index in [2.05, 4.69) is 5.32 Å². The second-order valence-electron chi connectivity index (χ2n) is 4.31. The van der Waals surface area contributed by atoms with Crippen molar-refractivity contribution >= 4 is 23.2 Å². The van der Waals surface area contributed by atoms with Crippen LogP contribution in [0.2, 0.25) is 5.02 Å². The molecule has 1 atom stereocenters. The standard InChI is InChI=1S/C16H13ClN2O2/c1-21-15-8-7-12(17)9-14(15)19-16(20)13(10-18)11-5-3-2-4-6-11/h2-9,13H,1H3,(H,19,20). The first kappa shape index (κ1) is 14.9. The van der Waals surface area contributed by atoms with Gasteiger partial charge in [0.15, 0.2) is 5.92 Å². The number of benzene rings is 2. The number of nitrogens with zero attached hydrogens (tertiary/aromatic N) is 1. The summed E-state index contributed by atoms with van der Waals surface area (Å²) in [4.78, 5) is 12.3. The Hall–Kier alpha value is -2.51. The van der Waals surface area contributed by atoms with E-state index in [4.69, 9.17) is 16.3 Å². The van der Waals surface area contributed by atoms with Crippen molar-refractivity contribution in [2.24, 2.45) is 0 Å². The van der Waals surface area contributed by atoms with E-state index >= 15 is 0 Å². The maximum Gasteiger partial charge on any atom is 0.246 e. The van der Waals surface area contributed by atoms with Gasteiger partial charge < -0.3 is 10.1 Å². The fraction of sp³-hybridized carbons (Fsp3) is 0.125. The number of ether oxygens (including phenoxy) is 1. The summed E-state index contributed by atoms with van der Waals surface area (Å²) in [6.45, 7) is 0. The molecule has 0 aliphatic heterocycles. The Balaban J connectivity index is 2.25. The van der Waals surface area contributed by atoms with Crippen LogP contribution in [-0.4, -0.2) is 13.0 Å². The van der Waals surface area contributed by atoms with Gasteiger partial charge in [-0.2, -0.15) is 5.26 Å². The van der Waals surface area contributed by atoms with E-state index in [0.29, 0.717) is 22.0 Å². The van der Waals surface area contributed by atoms with Gasteiger partial charge in [0.25, 0.3) is 0 Å². The number of anilines is 1. The first-order valence-corrected chi connectivity index (χ1v) is 6.62. The van der Waals surface area contributed by atoms with Crippen molar-refractivity contribution in [1.29, 1.82) is 5.26 Å². The average molecular weight is 301 g/mol. The third-order valence-electron chi connectivity index (χ3n) is 2.94. The van der Waals surface area contributed by atoms with E-state index in [1.54, 1.807) is 42.5 Å². The fourth-order valence-corrected chi connectivity index (χ4v) is 2.08. The van der Waals surface area contributed by atoms with E-state index < -0.39 is 11.8 Å². The van der Waals surface area contributed by atoms with E-state index in [1.165, 1.54) is 7.11 Å². The van der Waals surface area contributed by atoms with Gasteiger partial charge in [-0.1, -0.05) is 41.9 Å². The molecule has 2 aromatic carbocycles. The SMILES string of the molecule is COc1ccc(Cl)cc1NC(=O)C(C#N)c1ccccc1. The number of carbonyl (C=O) groups is 1. The zero-order valence-electron chi connectivity index (χ0n) is 11.3. The van der Waals surface area contributed by atoms with Crippen LogP contribution in [0.25, 0.3) is 0 Å². The van der Waals surface area contributed by atoms with Crippen LogP contribution < -0.4 is 10.1 Å². The van der Waals surface area contributed by atoms with Crippen molar-refractivity contribution < 1.29 is 9.53 Å². The molecular formula is C16H13ClN2O2. The number of methoxy groups -OCH3 is 1. The molecule has 1 amide bonds. The number of carbonyl (C=O) groups excluding carboxylic acids is 1. The molecule has 5 heteroatoms. The summed E-state index contributed by atoms with van der Waals surface area (Å²) in [5, 5.41) is 12.4. The van der Waals surface area contributed by atoms with E-state index in [0.717, 1.165) is 0 Å². The van der Waals surface area contributed by atoms with Crippen LogP contribution in [0.1, 0.15) is 11.5 Å². The Morgan fingerprint density at radius 3 is 2.62 bits per heavy atom. The Bertz CT molecular complexity index is 680. The molecule has 1 unspecified atom stereocenters. The molecule has 0 fully saturated rings. The number of amides is 1. The summed E-state index contributed by atoms with van der Waals surface area (Å²) < 4.78 is 5.16. The molecule has 0 heterocycles. The van der Waals surface area contributed by atoms with Gasteiger partial charge >= 0.3 is 0 Å². The molecule has 0 aliphatic rings. The lowest BCUT2D eigenvalue weighted by Crippen LogP contribution is -2.20. The summed E-state index contributed by atoms with van der Waals surface area (Å²) in [6.07, 6.45) is 0. The molecule has 0 saturated heterocycles. The van der Waals surface area contributed by atoms with Gasteiger partial charge in [-0.25, -0.2) is 0 Å². The molecular weight excluding hydrogens is 288 g/mol. The molecule has 0 radical (unpaired) electrons. The van der Waals surface area contributed by atoms with Crippen LogP contribution in [-0.2, 0) is 4.79 Å². The number of nitrogens with one attached hydrogen (secondary N) is 1. The predicted molar refractivity (Wildman–Crippen MR) is 81.4 cm³/mol. The van der Waals surface area contributed by atoms with Gasteiger partial charge in [0.1, 0.15) is 5.75 Å². The highest BCUT2D eigenvalue weighted by Gasteiger charge is 2.21. The number of hydrogen-bond donors (Lipinski definition) is 1. The number of nitriles is 1. The van der Waals surface area contributed by atoms with Gasteiger partial charge in [-0.05, 0) is 23.8 Å². The summed E-state index contributed by atoms with van der Waals surface area (Å²) in [5.41, 5.74) is 1.07. The zero-order valence-corrected chi connectivity index (χ0v) is 12.1. The van der Waals surface area contributed by atoms with Crippen LogP contribution in [0.15, 0.2) is 48.5 Å².